The summed E-state index contributed by atoms with van der Waals surface area (Å²) in [6.45, 7) is 7.35. The molecule has 3 N–H and O–H groups in total. The average molecular weight is 189 g/mol. The van der Waals surface area contributed by atoms with Gasteiger partial charge in [-0.3, -0.25) is 0 Å². The van der Waals surface area contributed by atoms with Gasteiger partial charge < -0.3 is 10.8 Å². The van der Waals surface area contributed by atoms with Gasteiger partial charge in [-0.25, -0.2) is 0 Å². The van der Waals surface area contributed by atoms with Gasteiger partial charge >= 0.3 is 0 Å². The van der Waals surface area contributed by atoms with Gasteiger partial charge in [-0.2, -0.15) is 0 Å². The Kier molecular flexibility index (Phi) is 3.35. The minimum absolute atomic E-state index is 0.134. The van der Waals surface area contributed by atoms with E-state index in [-0.39, 0.29) is 5.75 Å². The molecule has 0 atom stereocenters. The monoisotopic (exact) mass is 189 g/mol. The molecule has 2 heteroatoms. The molecule has 0 spiro atoms. The number of aromatic hydroxyl groups is 1. The molecule has 0 aromatic heterocycles. The van der Waals surface area contributed by atoms with Crippen LogP contribution in [0.2, 0.25) is 0 Å². The number of phenolic OH excluding ortho intramolecular Hbond substituents is 1. The first kappa shape index (κ1) is 10.4. The number of benzene rings is 1. The second-order valence-electron chi connectivity index (χ2n) is 3.12. The molecule has 14 heavy (non-hydrogen) atoms. The SMILES string of the molecule is C=CCc1ccc(O)c(N)c1CC=C. The van der Waals surface area contributed by atoms with Crippen molar-refractivity contribution in [3.8, 4) is 5.75 Å². The van der Waals surface area contributed by atoms with Crippen LogP contribution in [0, 0.1) is 0 Å². The lowest BCUT2D eigenvalue weighted by Crippen LogP contribution is -1.99. The Morgan fingerprint density at radius 1 is 1.21 bits per heavy atom. The Bertz CT molecular complexity index is 356. The highest BCUT2D eigenvalue weighted by atomic mass is 16.3. The quantitative estimate of drug-likeness (QED) is 0.434. The summed E-state index contributed by atoms with van der Waals surface area (Å²) < 4.78 is 0. The first-order valence-electron chi connectivity index (χ1n) is 4.51. The molecule has 0 saturated heterocycles. The summed E-state index contributed by atoms with van der Waals surface area (Å²) in [5.74, 6) is 0.134. The van der Waals surface area contributed by atoms with Crippen LogP contribution in [-0.2, 0) is 12.8 Å². The summed E-state index contributed by atoms with van der Waals surface area (Å²) >= 11 is 0. The van der Waals surface area contributed by atoms with Crippen LogP contribution in [-0.4, -0.2) is 5.11 Å². The predicted molar refractivity (Wildman–Crippen MR) is 60.3 cm³/mol. The van der Waals surface area contributed by atoms with E-state index in [9.17, 15) is 5.11 Å². The second-order valence-corrected chi connectivity index (χ2v) is 3.12. The van der Waals surface area contributed by atoms with Crippen molar-refractivity contribution in [3.05, 3.63) is 48.6 Å². The van der Waals surface area contributed by atoms with Crippen LogP contribution in [0.5, 0.6) is 5.75 Å². The third kappa shape index (κ3) is 1.96. The van der Waals surface area contributed by atoms with E-state index < -0.39 is 0 Å². The van der Waals surface area contributed by atoms with Gasteiger partial charge in [-0.15, -0.1) is 13.2 Å². The fourth-order valence-corrected chi connectivity index (χ4v) is 1.43. The van der Waals surface area contributed by atoms with Gasteiger partial charge in [0, 0.05) is 0 Å². The first-order valence-corrected chi connectivity index (χ1v) is 4.51. The molecule has 0 aliphatic heterocycles. The number of nitrogen functional groups attached to an aromatic ring is 1. The van der Waals surface area contributed by atoms with Crippen LogP contribution in [0.3, 0.4) is 0 Å². The van der Waals surface area contributed by atoms with E-state index in [4.69, 9.17) is 5.73 Å². The maximum Gasteiger partial charge on any atom is 0.138 e. The van der Waals surface area contributed by atoms with Gasteiger partial charge in [0.25, 0.3) is 0 Å². The molecule has 0 fully saturated rings. The molecule has 0 radical (unpaired) electrons. The molecule has 0 heterocycles. The Balaban J connectivity index is 3.21. The van der Waals surface area contributed by atoms with Crippen molar-refractivity contribution in [2.45, 2.75) is 12.8 Å². The van der Waals surface area contributed by atoms with E-state index in [1.54, 1.807) is 12.1 Å². The minimum atomic E-state index is 0.134. The normalized spacial score (nSPS) is 9.71. The highest BCUT2D eigenvalue weighted by Crippen LogP contribution is 2.28. The van der Waals surface area contributed by atoms with Gasteiger partial charge in [-0.1, -0.05) is 18.2 Å². The molecule has 1 aromatic rings. The fourth-order valence-electron chi connectivity index (χ4n) is 1.43. The third-order valence-corrected chi connectivity index (χ3v) is 2.14. The average Bonchev–Trinajstić information content (AvgIpc) is 2.18. The van der Waals surface area contributed by atoms with Crippen molar-refractivity contribution in [2.24, 2.45) is 0 Å². The van der Waals surface area contributed by atoms with Crippen molar-refractivity contribution in [2.75, 3.05) is 5.73 Å². The molecular formula is C12H15NO. The van der Waals surface area contributed by atoms with Crippen LogP contribution in [0.25, 0.3) is 0 Å². The van der Waals surface area contributed by atoms with Gasteiger partial charge in [-0.05, 0) is 30.0 Å². The van der Waals surface area contributed by atoms with Crippen molar-refractivity contribution < 1.29 is 5.11 Å². The number of nitrogens with two attached hydrogens (primary N) is 1. The van der Waals surface area contributed by atoms with E-state index >= 15 is 0 Å². The molecule has 0 unspecified atom stereocenters. The molecule has 0 amide bonds. The Morgan fingerprint density at radius 3 is 2.43 bits per heavy atom. The van der Waals surface area contributed by atoms with Crippen molar-refractivity contribution in [1.29, 1.82) is 0 Å². The summed E-state index contributed by atoms with van der Waals surface area (Å²) in [4.78, 5) is 0. The van der Waals surface area contributed by atoms with E-state index in [1.165, 1.54) is 0 Å². The predicted octanol–water partition coefficient (Wildman–Crippen LogP) is 2.43. The van der Waals surface area contributed by atoms with Crippen LogP contribution in [0.4, 0.5) is 5.69 Å². The van der Waals surface area contributed by atoms with E-state index in [0.29, 0.717) is 12.1 Å². The van der Waals surface area contributed by atoms with Gasteiger partial charge in [0.05, 0.1) is 5.69 Å². The summed E-state index contributed by atoms with van der Waals surface area (Å²) in [6.07, 6.45) is 5.02. The Labute approximate surface area is 84.4 Å². The number of anilines is 1. The molecule has 1 rings (SSSR count). The zero-order valence-electron chi connectivity index (χ0n) is 8.16. The molecule has 0 bridgehead atoms. The lowest BCUT2D eigenvalue weighted by Gasteiger charge is -2.10. The number of allylic oxidation sites excluding steroid dienone is 2. The van der Waals surface area contributed by atoms with Crippen LogP contribution < -0.4 is 5.73 Å². The molecule has 0 aliphatic rings. The molecule has 1 aromatic carbocycles. The standard InChI is InChI=1S/C12H15NO/c1-3-5-9-7-8-11(14)12(13)10(9)6-4-2/h3-4,7-8,14H,1-2,5-6,13H2. The van der Waals surface area contributed by atoms with Gasteiger partial charge in [0.15, 0.2) is 0 Å². The number of phenols is 1. The Morgan fingerprint density at radius 2 is 1.86 bits per heavy atom. The van der Waals surface area contributed by atoms with Crippen molar-refractivity contribution in [3.63, 3.8) is 0 Å². The summed E-state index contributed by atoms with van der Waals surface area (Å²) in [7, 11) is 0. The lowest BCUT2D eigenvalue weighted by molar-refractivity contribution is 0.477. The molecule has 0 saturated carbocycles. The zero-order chi connectivity index (χ0) is 10.6. The fraction of sp³-hybridized carbons (Fsp3) is 0.167. The summed E-state index contributed by atoms with van der Waals surface area (Å²) in [5.41, 5.74) is 8.25. The highest BCUT2D eigenvalue weighted by molar-refractivity contribution is 5.61. The highest BCUT2D eigenvalue weighted by Gasteiger charge is 2.07. The van der Waals surface area contributed by atoms with Crippen molar-refractivity contribution in [1.82, 2.24) is 0 Å². The molecular weight excluding hydrogens is 174 g/mol. The summed E-state index contributed by atoms with van der Waals surface area (Å²) in [6, 6.07) is 3.48. The van der Waals surface area contributed by atoms with E-state index in [0.717, 1.165) is 17.5 Å². The largest absolute Gasteiger partial charge is 0.506 e. The second kappa shape index (κ2) is 4.51. The van der Waals surface area contributed by atoms with E-state index in [2.05, 4.69) is 13.2 Å². The number of hydrogen-bond donors (Lipinski definition) is 2. The van der Waals surface area contributed by atoms with Gasteiger partial charge in [0.1, 0.15) is 5.75 Å². The maximum absolute atomic E-state index is 9.43. The number of rotatable bonds is 4. The first-order chi connectivity index (χ1) is 6.70. The maximum atomic E-state index is 9.43. The molecule has 74 valence electrons. The van der Waals surface area contributed by atoms with E-state index in [1.807, 2.05) is 12.1 Å². The zero-order valence-corrected chi connectivity index (χ0v) is 8.16. The topological polar surface area (TPSA) is 46.2 Å². The van der Waals surface area contributed by atoms with Gasteiger partial charge in [0.2, 0.25) is 0 Å². The Hall–Kier alpha value is -1.70. The van der Waals surface area contributed by atoms with Crippen LogP contribution in [0.15, 0.2) is 37.4 Å². The van der Waals surface area contributed by atoms with Crippen LogP contribution in [0.1, 0.15) is 11.1 Å². The smallest absolute Gasteiger partial charge is 0.138 e. The molecule has 2 nitrogen and oxygen atoms in total. The molecule has 0 aliphatic carbocycles. The minimum Gasteiger partial charge on any atom is -0.506 e. The lowest BCUT2D eigenvalue weighted by atomic mass is 9.99. The van der Waals surface area contributed by atoms with Crippen LogP contribution >= 0.6 is 0 Å². The number of hydrogen-bond acceptors (Lipinski definition) is 2. The third-order valence-electron chi connectivity index (χ3n) is 2.14. The summed E-state index contributed by atoms with van der Waals surface area (Å²) in [5, 5.41) is 9.43. The van der Waals surface area contributed by atoms with Crippen molar-refractivity contribution >= 4 is 5.69 Å².